The highest BCUT2D eigenvalue weighted by atomic mass is 16.5. The van der Waals surface area contributed by atoms with Crippen molar-refractivity contribution >= 4 is 11.6 Å². The number of benzene rings is 1. The van der Waals surface area contributed by atoms with Crippen molar-refractivity contribution in [3.63, 3.8) is 0 Å². The molecule has 0 aromatic heterocycles. The number of hydrogen-bond donors (Lipinski definition) is 1. The van der Waals surface area contributed by atoms with Gasteiger partial charge in [0.2, 0.25) is 0 Å². The Labute approximate surface area is 119 Å². The summed E-state index contributed by atoms with van der Waals surface area (Å²) < 4.78 is 11.0. The number of nitrogens with zero attached hydrogens (tertiary/aromatic N) is 2. The molecule has 5 heteroatoms. The number of nitrogens with two attached hydrogens (primary N) is 1. The molecule has 1 aliphatic heterocycles. The average Bonchev–Trinajstić information content (AvgIpc) is 2.76. The van der Waals surface area contributed by atoms with Crippen molar-refractivity contribution in [1.29, 1.82) is 0 Å². The van der Waals surface area contributed by atoms with E-state index in [0.29, 0.717) is 12.1 Å². The molecule has 0 radical (unpaired) electrons. The Hall–Kier alpha value is -1.75. The first kappa shape index (κ1) is 13.2. The Kier molecular flexibility index (Phi) is 3.30. The minimum Gasteiger partial charge on any atom is -0.497 e. The molecule has 2 N–H and O–H groups in total. The highest BCUT2D eigenvalue weighted by molar-refractivity contribution is 5.98. The van der Waals surface area contributed by atoms with E-state index < -0.39 is 0 Å². The van der Waals surface area contributed by atoms with Gasteiger partial charge in [-0.2, -0.15) is 0 Å². The van der Waals surface area contributed by atoms with Crippen molar-refractivity contribution in [3.8, 4) is 5.75 Å². The molecule has 0 unspecified atom stereocenters. The van der Waals surface area contributed by atoms with E-state index in [-0.39, 0.29) is 5.54 Å². The second-order valence-corrected chi connectivity index (χ2v) is 5.42. The molecular weight excluding hydrogens is 254 g/mol. The van der Waals surface area contributed by atoms with Crippen LogP contribution in [-0.4, -0.2) is 37.9 Å². The van der Waals surface area contributed by atoms with Gasteiger partial charge in [-0.25, -0.2) is 0 Å². The van der Waals surface area contributed by atoms with Gasteiger partial charge < -0.3 is 20.1 Å². The second kappa shape index (κ2) is 4.98. The van der Waals surface area contributed by atoms with Gasteiger partial charge in [0, 0.05) is 18.4 Å². The van der Waals surface area contributed by atoms with Crippen LogP contribution in [0.25, 0.3) is 0 Å². The SMILES string of the molecule is CCOC1CC2(CN=C(N)N2c2cccc(OC)c2)C1. The van der Waals surface area contributed by atoms with Gasteiger partial charge in [0.25, 0.3) is 0 Å². The molecule has 1 spiro atoms. The first-order chi connectivity index (χ1) is 9.68. The zero-order valence-corrected chi connectivity index (χ0v) is 12.0. The summed E-state index contributed by atoms with van der Waals surface area (Å²) in [5.74, 6) is 1.42. The summed E-state index contributed by atoms with van der Waals surface area (Å²) >= 11 is 0. The Morgan fingerprint density at radius 3 is 2.95 bits per heavy atom. The van der Waals surface area contributed by atoms with Crippen LogP contribution in [0.3, 0.4) is 0 Å². The minimum absolute atomic E-state index is 0.00369. The number of guanidine groups is 1. The fourth-order valence-electron chi connectivity index (χ4n) is 3.22. The Morgan fingerprint density at radius 1 is 1.45 bits per heavy atom. The van der Waals surface area contributed by atoms with Crippen LogP contribution in [0.5, 0.6) is 5.75 Å². The lowest BCUT2D eigenvalue weighted by molar-refractivity contribution is -0.0306. The van der Waals surface area contributed by atoms with E-state index >= 15 is 0 Å². The van der Waals surface area contributed by atoms with Gasteiger partial charge in [0.1, 0.15) is 5.75 Å². The van der Waals surface area contributed by atoms with Gasteiger partial charge in [0.15, 0.2) is 5.96 Å². The normalized spacial score (nSPS) is 28.4. The van der Waals surface area contributed by atoms with Crippen LogP contribution in [0.2, 0.25) is 0 Å². The second-order valence-electron chi connectivity index (χ2n) is 5.42. The average molecular weight is 275 g/mol. The van der Waals surface area contributed by atoms with Crippen molar-refractivity contribution in [1.82, 2.24) is 0 Å². The molecule has 2 aliphatic rings. The van der Waals surface area contributed by atoms with Crippen molar-refractivity contribution in [3.05, 3.63) is 24.3 Å². The Balaban J connectivity index is 1.84. The molecule has 1 aromatic rings. The maximum Gasteiger partial charge on any atom is 0.196 e. The summed E-state index contributed by atoms with van der Waals surface area (Å²) in [6, 6.07) is 7.96. The molecule has 5 nitrogen and oxygen atoms in total. The number of hydrogen-bond acceptors (Lipinski definition) is 5. The largest absolute Gasteiger partial charge is 0.497 e. The summed E-state index contributed by atoms with van der Waals surface area (Å²) in [5, 5.41) is 0. The minimum atomic E-state index is -0.00369. The summed E-state index contributed by atoms with van der Waals surface area (Å²) in [5.41, 5.74) is 7.14. The lowest BCUT2D eigenvalue weighted by Crippen LogP contribution is -2.62. The smallest absolute Gasteiger partial charge is 0.196 e. The van der Waals surface area contributed by atoms with Crippen molar-refractivity contribution in [2.24, 2.45) is 10.7 Å². The molecule has 1 aromatic carbocycles. The molecule has 0 bridgehead atoms. The van der Waals surface area contributed by atoms with Gasteiger partial charge in [-0.1, -0.05) is 6.07 Å². The first-order valence-electron chi connectivity index (χ1n) is 7.04. The van der Waals surface area contributed by atoms with E-state index in [1.54, 1.807) is 7.11 Å². The monoisotopic (exact) mass is 275 g/mol. The van der Waals surface area contributed by atoms with Crippen LogP contribution in [0.1, 0.15) is 19.8 Å². The number of aliphatic imine (C=N–C) groups is 1. The fraction of sp³-hybridized carbons (Fsp3) is 0.533. The molecule has 0 saturated heterocycles. The molecule has 108 valence electrons. The van der Waals surface area contributed by atoms with Crippen LogP contribution in [-0.2, 0) is 4.74 Å². The van der Waals surface area contributed by atoms with E-state index in [2.05, 4.69) is 9.89 Å². The summed E-state index contributed by atoms with van der Waals surface area (Å²) in [6.45, 7) is 3.54. The number of ether oxygens (including phenoxy) is 2. The number of rotatable bonds is 4. The molecule has 1 fully saturated rings. The van der Waals surface area contributed by atoms with E-state index in [1.807, 2.05) is 31.2 Å². The van der Waals surface area contributed by atoms with Crippen molar-refractivity contribution in [2.75, 3.05) is 25.2 Å². The molecule has 1 heterocycles. The molecule has 1 saturated carbocycles. The highest BCUT2D eigenvalue weighted by Gasteiger charge is 2.53. The predicted octanol–water partition coefficient (Wildman–Crippen LogP) is 1.77. The summed E-state index contributed by atoms with van der Waals surface area (Å²) in [4.78, 5) is 6.59. The molecule has 0 atom stereocenters. The van der Waals surface area contributed by atoms with E-state index in [4.69, 9.17) is 15.2 Å². The predicted molar refractivity (Wildman–Crippen MR) is 79.3 cm³/mol. The maximum atomic E-state index is 6.10. The summed E-state index contributed by atoms with van der Waals surface area (Å²) in [6.07, 6.45) is 2.28. The zero-order valence-electron chi connectivity index (χ0n) is 12.0. The van der Waals surface area contributed by atoms with Crippen molar-refractivity contribution in [2.45, 2.75) is 31.4 Å². The van der Waals surface area contributed by atoms with Gasteiger partial charge in [-0.3, -0.25) is 4.99 Å². The van der Waals surface area contributed by atoms with E-state index in [0.717, 1.165) is 37.4 Å². The lowest BCUT2D eigenvalue weighted by Gasteiger charge is -2.50. The molecule has 3 rings (SSSR count). The van der Waals surface area contributed by atoms with Crippen LogP contribution < -0.4 is 15.4 Å². The highest BCUT2D eigenvalue weighted by Crippen LogP contribution is 2.45. The Bertz CT molecular complexity index is 524. The van der Waals surface area contributed by atoms with Gasteiger partial charge in [-0.05, 0) is 31.9 Å². The molecule has 0 amide bonds. The van der Waals surface area contributed by atoms with Crippen LogP contribution in [0.4, 0.5) is 5.69 Å². The molecule has 1 aliphatic carbocycles. The third-order valence-electron chi connectivity index (χ3n) is 4.17. The van der Waals surface area contributed by atoms with E-state index in [1.165, 1.54) is 0 Å². The standard InChI is InChI=1S/C15H21N3O2/c1-3-20-13-8-15(9-13)10-17-14(16)18(15)11-5-4-6-12(7-11)19-2/h4-7,13H,3,8-10H2,1-2H3,(H2,16,17). The molecule has 20 heavy (non-hydrogen) atoms. The maximum absolute atomic E-state index is 6.10. The number of anilines is 1. The van der Waals surface area contributed by atoms with Gasteiger partial charge >= 0.3 is 0 Å². The zero-order chi connectivity index (χ0) is 14.2. The number of methoxy groups -OCH3 is 1. The van der Waals surface area contributed by atoms with Gasteiger partial charge in [-0.15, -0.1) is 0 Å². The first-order valence-corrected chi connectivity index (χ1v) is 7.04. The third-order valence-corrected chi connectivity index (χ3v) is 4.17. The lowest BCUT2D eigenvalue weighted by atomic mass is 9.73. The van der Waals surface area contributed by atoms with Crippen molar-refractivity contribution < 1.29 is 9.47 Å². The van der Waals surface area contributed by atoms with Crippen LogP contribution in [0, 0.1) is 0 Å². The third kappa shape index (κ3) is 2.02. The quantitative estimate of drug-likeness (QED) is 0.909. The summed E-state index contributed by atoms with van der Waals surface area (Å²) in [7, 11) is 1.67. The Morgan fingerprint density at radius 2 is 2.25 bits per heavy atom. The van der Waals surface area contributed by atoms with Crippen LogP contribution in [0.15, 0.2) is 29.3 Å². The van der Waals surface area contributed by atoms with Gasteiger partial charge in [0.05, 0.1) is 25.3 Å². The molecular formula is C15H21N3O2. The van der Waals surface area contributed by atoms with Crippen LogP contribution >= 0.6 is 0 Å². The van der Waals surface area contributed by atoms with E-state index in [9.17, 15) is 0 Å². The topological polar surface area (TPSA) is 60.1 Å². The fourth-order valence-corrected chi connectivity index (χ4v) is 3.22.